The molecule has 0 aromatic heterocycles. The van der Waals surface area contributed by atoms with Crippen molar-refractivity contribution in [3.63, 3.8) is 0 Å². The van der Waals surface area contributed by atoms with Crippen LogP contribution in [0.5, 0.6) is 17.2 Å². The summed E-state index contributed by atoms with van der Waals surface area (Å²) in [4.78, 5) is 13.6. The largest absolute Gasteiger partial charge is 0.492 e. The monoisotopic (exact) mass is 620 g/mol. The van der Waals surface area contributed by atoms with Crippen LogP contribution >= 0.6 is 0 Å². The smallest absolute Gasteiger partial charge is 0.321 e. The van der Waals surface area contributed by atoms with E-state index in [9.17, 15) is 4.79 Å². The van der Waals surface area contributed by atoms with Crippen LogP contribution in [0.4, 0.5) is 0 Å². The number of benzene rings is 5. The van der Waals surface area contributed by atoms with Gasteiger partial charge in [0, 0.05) is 11.1 Å². The van der Waals surface area contributed by atoms with Crippen LogP contribution in [0.15, 0.2) is 97.1 Å². The lowest BCUT2D eigenvalue weighted by molar-refractivity contribution is -0.141. The zero-order chi connectivity index (χ0) is 31.7. The van der Waals surface area contributed by atoms with E-state index in [2.05, 4.69) is 79.7 Å². The van der Waals surface area contributed by atoms with Crippen molar-refractivity contribution in [3.05, 3.63) is 125 Å². The zero-order valence-corrected chi connectivity index (χ0v) is 27.0. The van der Waals surface area contributed by atoms with Crippen LogP contribution in [0.2, 0.25) is 0 Å². The predicted molar refractivity (Wildman–Crippen MR) is 187 cm³/mol. The van der Waals surface area contributed by atoms with Crippen LogP contribution in [0.1, 0.15) is 53.5 Å². The normalized spacial score (nSPS) is 15.7. The summed E-state index contributed by atoms with van der Waals surface area (Å²) in [5.41, 5.74) is 13.8. The summed E-state index contributed by atoms with van der Waals surface area (Å²) < 4.78 is 19.0. The molecule has 0 bridgehead atoms. The number of ether oxygens (including phenoxy) is 3. The molecule has 8 rings (SSSR count). The van der Waals surface area contributed by atoms with Gasteiger partial charge in [-0.2, -0.15) is 0 Å². The summed E-state index contributed by atoms with van der Waals surface area (Å²) in [6, 6.07) is 33.5. The fourth-order valence-electron chi connectivity index (χ4n) is 7.48. The van der Waals surface area contributed by atoms with E-state index < -0.39 is 5.92 Å². The van der Waals surface area contributed by atoms with Crippen molar-refractivity contribution in [2.75, 3.05) is 13.2 Å². The molecular weight excluding hydrogens is 580 g/mol. The van der Waals surface area contributed by atoms with Gasteiger partial charge < -0.3 is 14.2 Å². The number of fused-ring (bicyclic) bond motifs is 7. The summed E-state index contributed by atoms with van der Waals surface area (Å²) in [7, 11) is 0. The maximum atomic E-state index is 13.6. The molecule has 3 aliphatic rings. The SMILES string of the molecule is Cc1ccc(-c2ccc(-c3ccc(OC(=O)C4COc5ccc6c(c5-c5c(ccc7c5CCCC7)OC4)CCCC6)cc3)cc2)cc1. The molecule has 0 N–H and O–H groups in total. The number of carbonyl (C=O) groups is 1. The van der Waals surface area contributed by atoms with Gasteiger partial charge in [0.1, 0.15) is 36.4 Å². The summed E-state index contributed by atoms with van der Waals surface area (Å²) in [6.07, 6.45) is 9.09. The molecule has 236 valence electrons. The van der Waals surface area contributed by atoms with Crippen LogP contribution in [0, 0.1) is 12.8 Å². The molecule has 0 radical (unpaired) electrons. The predicted octanol–water partition coefficient (Wildman–Crippen LogP) is 9.75. The van der Waals surface area contributed by atoms with Gasteiger partial charge in [-0.15, -0.1) is 0 Å². The van der Waals surface area contributed by atoms with Crippen LogP contribution in [0.25, 0.3) is 33.4 Å². The molecule has 2 aliphatic carbocycles. The number of carbonyl (C=O) groups excluding carboxylic acids is 1. The Balaban J connectivity index is 1.02. The Hall–Kier alpha value is -4.83. The van der Waals surface area contributed by atoms with Crippen molar-refractivity contribution in [2.24, 2.45) is 5.92 Å². The molecule has 0 amide bonds. The Bertz CT molecular complexity index is 1850. The third-order valence-electron chi connectivity index (χ3n) is 10.1. The van der Waals surface area contributed by atoms with E-state index in [-0.39, 0.29) is 19.2 Å². The highest BCUT2D eigenvalue weighted by Gasteiger charge is 2.31. The van der Waals surface area contributed by atoms with Gasteiger partial charge in [0.15, 0.2) is 0 Å². The fraction of sp³-hybridized carbons (Fsp3) is 0.279. The van der Waals surface area contributed by atoms with Crippen molar-refractivity contribution >= 4 is 5.97 Å². The molecule has 0 spiro atoms. The first-order valence-electron chi connectivity index (χ1n) is 17.2. The Morgan fingerprint density at radius 3 is 1.47 bits per heavy atom. The van der Waals surface area contributed by atoms with Gasteiger partial charge in [0.2, 0.25) is 0 Å². The van der Waals surface area contributed by atoms with Crippen LogP contribution < -0.4 is 14.2 Å². The highest BCUT2D eigenvalue weighted by molar-refractivity contribution is 5.84. The van der Waals surface area contributed by atoms with Crippen molar-refractivity contribution in [1.29, 1.82) is 0 Å². The number of hydrogen-bond acceptors (Lipinski definition) is 4. The minimum absolute atomic E-state index is 0.201. The van der Waals surface area contributed by atoms with E-state index in [4.69, 9.17) is 14.2 Å². The Morgan fingerprint density at radius 2 is 0.979 bits per heavy atom. The molecule has 0 saturated heterocycles. The number of aryl methyl sites for hydroxylation is 3. The Kier molecular flexibility index (Phi) is 8.02. The Labute approximate surface area is 277 Å². The lowest BCUT2D eigenvalue weighted by atomic mass is 9.80. The molecule has 4 nitrogen and oxygen atoms in total. The summed E-state index contributed by atoms with van der Waals surface area (Å²) in [6.45, 7) is 2.50. The summed E-state index contributed by atoms with van der Waals surface area (Å²) in [5.74, 6) is 1.30. The van der Waals surface area contributed by atoms with E-state index in [1.54, 1.807) is 0 Å². The van der Waals surface area contributed by atoms with Gasteiger partial charge in [-0.05, 0) is 127 Å². The molecule has 1 heterocycles. The zero-order valence-electron chi connectivity index (χ0n) is 27.0. The molecule has 5 aromatic rings. The molecule has 0 unspecified atom stereocenters. The molecule has 1 aliphatic heterocycles. The standard InChI is InChI=1S/C43H40O4/c1-28-10-12-29(13-11-28)30-14-16-31(17-15-30)32-18-22-36(23-19-32)47-43(44)35-26-45-39-24-20-33-6-2-4-8-37(33)41(39)42-38-9-5-3-7-34(38)21-25-40(42)46-27-35/h10-25,35H,2-9,26-27H2,1H3. The number of rotatable bonds is 4. The minimum Gasteiger partial charge on any atom is -0.492 e. The molecule has 0 fully saturated rings. The van der Waals surface area contributed by atoms with Gasteiger partial charge in [-0.25, -0.2) is 0 Å². The number of esters is 1. The average molecular weight is 621 g/mol. The molecule has 5 aromatic carbocycles. The molecule has 0 saturated carbocycles. The highest BCUT2D eigenvalue weighted by Crippen LogP contribution is 2.47. The first-order valence-corrected chi connectivity index (χ1v) is 17.2. The van der Waals surface area contributed by atoms with Crippen molar-refractivity contribution in [3.8, 4) is 50.6 Å². The quantitative estimate of drug-likeness (QED) is 0.148. The molecule has 4 heteroatoms. The fourth-order valence-corrected chi connectivity index (χ4v) is 7.48. The highest BCUT2D eigenvalue weighted by atomic mass is 16.5. The minimum atomic E-state index is -0.574. The van der Waals surface area contributed by atoms with E-state index >= 15 is 0 Å². The molecular formula is C43H40O4. The van der Waals surface area contributed by atoms with Gasteiger partial charge in [-0.3, -0.25) is 4.79 Å². The van der Waals surface area contributed by atoms with Crippen molar-refractivity contribution in [2.45, 2.75) is 58.3 Å². The second kappa shape index (κ2) is 12.8. The van der Waals surface area contributed by atoms with Gasteiger partial charge in [0.05, 0.1) is 0 Å². The second-order valence-corrected chi connectivity index (χ2v) is 13.3. The van der Waals surface area contributed by atoms with Crippen molar-refractivity contribution in [1.82, 2.24) is 0 Å². The van der Waals surface area contributed by atoms with Gasteiger partial charge >= 0.3 is 5.97 Å². The first kappa shape index (κ1) is 29.6. The van der Waals surface area contributed by atoms with Crippen molar-refractivity contribution < 1.29 is 19.0 Å². The van der Waals surface area contributed by atoms with E-state index in [0.29, 0.717) is 5.75 Å². The lowest BCUT2D eigenvalue weighted by Crippen LogP contribution is -2.31. The van der Waals surface area contributed by atoms with Crippen LogP contribution in [-0.4, -0.2) is 19.2 Å². The van der Waals surface area contributed by atoms with Gasteiger partial charge in [0.25, 0.3) is 0 Å². The van der Waals surface area contributed by atoms with Gasteiger partial charge in [-0.1, -0.05) is 78.4 Å². The van der Waals surface area contributed by atoms with E-state index in [1.807, 2.05) is 24.3 Å². The Morgan fingerprint density at radius 1 is 0.553 bits per heavy atom. The lowest BCUT2D eigenvalue weighted by Gasteiger charge is -2.27. The average Bonchev–Trinajstić information content (AvgIpc) is 3.20. The first-order chi connectivity index (χ1) is 23.1. The van der Waals surface area contributed by atoms with Crippen LogP contribution in [-0.2, 0) is 30.5 Å². The maximum Gasteiger partial charge on any atom is 0.321 e. The second-order valence-electron chi connectivity index (χ2n) is 13.3. The summed E-state index contributed by atoms with van der Waals surface area (Å²) in [5, 5.41) is 0. The third-order valence-corrected chi connectivity index (χ3v) is 10.1. The molecule has 47 heavy (non-hydrogen) atoms. The number of hydrogen-bond donors (Lipinski definition) is 0. The molecule has 0 atom stereocenters. The topological polar surface area (TPSA) is 44.8 Å². The van der Waals surface area contributed by atoms with E-state index in [1.165, 1.54) is 75.8 Å². The van der Waals surface area contributed by atoms with Crippen LogP contribution in [0.3, 0.4) is 0 Å². The maximum absolute atomic E-state index is 13.6. The van der Waals surface area contributed by atoms with E-state index in [0.717, 1.165) is 48.3 Å². The third kappa shape index (κ3) is 5.93. The summed E-state index contributed by atoms with van der Waals surface area (Å²) >= 11 is 0.